The molecule has 1 rings (SSSR count). The summed E-state index contributed by atoms with van der Waals surface area (Å²) in [6.07, 6.45) is 2.09. The molecule has 0 aliphatic carbocycles. The molecule has 4 heteroatoms. The lowest BCUT2D eigenvalue weighted by Gasteiger charge is -2.29. The van der Waals surface area contributed by atoms with Crippen LogP contribution in [0.2, 0.25) is 0 Å². The van der Waals surface area contributed by atoms with Gasteiger partial charge in [0.15, 0.2) is 0 Å². The van der Waals surface area contributed by atoms with Crippen LogP contribution >= 0.6 is 11.8 Å². The molecule has 0 spiro atoms. The van der Waals surface area contributed by atoms with Crippen molar-refractivity contribution >= 4 is 17.7 Å². The Morgan fingerprint density at radius 2 is 2.07 bits per heavy atom. The number of rotatable bonds is 5. The van der Waals surface area contributed by atoms with Crippen molar-refractivity contribution in [1.82, 2.24) is 10.2 Å². The molecule has 0 aromatic rings. The van der Waals surface area contributed by atoms with Gasteiger partial charge in [0, 0.05) is 31.1 Å². The molecule has 1 heterocycles. The van der Waals surface area contributed by atoms with Gasteiger partial charge in [-0.3, -0.25) is 4.79 Å². The molecule has 15 heavy (non-hydrogen) atoms. The number of carbonyl (C=O) groups excluding carboxylic acids is 1. The Kier molecular flexibility index (Phi) is 6.10. The zero-order chi connectivity index (χ0) is 11.1. The molecule has 3 nitrogen and oxygen atoms in total. The highest BCUT2D eigenvalue weighted by atomic mass is 32.2. The maximum atomic E-state index is 12.1. The summed E-state index contributed by atoms with van der Waals surface area (Å²) < 4.78 is 0. The molecule has 88 valence electrons. The van der Waals surface area contributed by atoms with E-state index in [1.807, 2.05) is 16.7 Å². The van der Waals surface area contributed by atoms with Crippen molar-refractivity contribution < 1.29 is 4.79 Å². The van der Waals surface area contributed by atoms with E-state index in [4.69, 9.17) is 0 Å². The molecule has 0 aromatic carbocycles. The third-order valence-corrected chi connectivity index (χ3v) is 3.58. The van der Waals surface area contributed by atoms with Crippen LogP contribution in [0.5, 0.6) is 0 Å². The van der Waals surface area contributed by atoms with E-state index >= 15 is 0 Å². The standard InChI is InChI=1S/C11H22N2OS/c1-3-6-13(7-4-2)11(14)10-9-15-8-5-12-10/h10,12H,3-9H2,1-2H3. The highest BCUT2D eigenvalue weighted by Gasteiger charge is 2.24. The monoisotopic (exact) mass is 230 g/mol. The highest BCUT2D eigenvalue weighted by molar-refractivity contribution is 7.99. The Labute approximate surface area is 97.0 Å². The van der Waals surface area contributed by atoms with E-state index in [1.165, 1.54) is 0 Å². The van der Waals surface area contributed by atoms with Crippen LogP contribution < -0.4 is 5.32 Å². The maximum absolute atomic E-state index is 12.1. The Morgan fingerprint density at radius 1 is 1.40 bits per heavy atom. The molecule has 0 bridgehead atoms. The topological polar surface area (TPSA) is 32.3 Å². The fraction of sp³-hybridized carbons (Fsp3) is 0.909. The van der Waals surface area contributed by atoms with Crippen LogP contribution in [0.15, 0.2) is 0 Å². The van der Waals surface area contributed by atoms with E-state index in [0.717, 1.165) is 44.0 Å². The molecule has 1 saturated heterocycles. The largest absolute Gasteiger partial charge is 0.341 e. The quantitative estimate of drug-likeness (QED) is 0.773. The summed E-state index contributed by atoms with van der Waals surface area (Å²) in [6, 6.07) is 0.0573. The van der Waals surface area contributed by atoms with Crippen LogP contribution in [0, 0.1) is 0 Å². The lowest BCUT2D eigenvalue weighted by atomic mass is 10.2. The van der Waals surface area contributed by atoms with Crippen LogP contribution in [0.25, 0.3) is 0 Å². The fourth-order valence-electron chi connectivity index (χ4n) is 1.82. The van der Waals surface area contributed by atoms with Gasteiger partial charge >= 0.3 is 0 Å². The molecular formula is C11H22N2OS. The summed E-state index contributed by atoms with van der Waals surface area (Å²) in [5.41, 5.74) is 0. The highest BCUT2D eigenvalue weighted by Crippen LogP contribution is 2.10. The minimum atomic E-state index is 0.0573. The van der Waals surface area contributed by atoms with Gasteiger partial charge in [-0.05, 0) is 12.8 Å². The second-order valence-electron chi connectivity index (χ2n) is 3.91. The Balaban J connectivity index is 2.45. The van der Waals surface area contributed by atoms with Crippen molar-refractivity contribution in [1.29, 1.82) is 0 Å². The zero-order valence-corrected chi connectivity index (χ0v) is 10.6. The molecular weight excluding hydrogens is 208 g/mol. The number of thioether (sulfide) groups is 1. The summed E-state index contributed by atoms with van der Waals surface area (Å²) in [5, 5.41) is 3.30. The summed E-state index contributed by atoms with van der Waals surface area (Å²) in [6.45, 7) is 7.01. The van der Waals surface area contributed by atoms with Crippen molar-refractivity contribution in [3.05, 3.63) is 0 Å². The van der Waals surface area contributed by atoms with Crippen molar-refractivity contribution in [3.63, 3.8) is 0 Å². The smallest absolute Gasteiger partial charge is 0.240 e. The number of amides is 1. The van der Waals surface area contributed by atoms with E-state index in [1.54, 1.807) is 0 Å². The molecule has 1 aliphatic rings. The lowest BCUT2D eigenvalue weighted by molar-refractivity contribution is -0.133. The molecule has 1 aliphatic heterocycles. The Hall–Kier alpha value is -0.220. The summed E-state index contributed by atoms with van der Waals surface area (Å²) in [4.78, 5) is 14.1. The van der Waals surface area contributed by atoms with Gasteiger partial charge < -0.3 is 10.2 Å². The molecule has 0 aromatic heterocycles. The molecule has 1 unspecified atom stereocenters. The molecule has 1 atom stereocenters. The first-order valence-electron chi connectivity index (χ1n) is 5.89. The van der Waals surface area contributed by atoms with Gasteiger partial charge in [0.25, 0.3) is 0 Å². The minimum absolute atomic E-state index is 0.0573. The minimum Gasteiger partial charge on any atom is -0.341 e. The van der Waals surface area contributed by atoms with Gasteiger partial charge in [-0.25, -0.2) is 0 Å². The van der Waals surface area contributed by atoms with E-state index in [-0.39, 0.29) is 6.04 Å². The second kappa shape index (κ2) is 7.12. The first-order valence-corrected chi connectivity index (χ1v) is 7.05. The van der Waals surface area contributed by atoms with Crippen LogP contribution in [0.3, 0.4) is 0 Å². The molecule has 1 fully saturated rings. The van der Waals surface area contributed by atoms with E-state index in [2.05, 4.69) is 19.2 Å². The summed E-state index contributed by atoms with van der Waals surface area (Å²) in [7, 11) is 0. The predicted octanol–water partition coefficient (Wildman–Crippen LogP) is 1.34. The Morgan fingerprint density at radius 3 is 2.53 bits per heavy atom. The molecule has 1 amide bonds. The van der Waals surface area contributed by atoms with E-state index in [0.29, 0.717) is 5.91 Å². The zero-order valence-electron chi connectivity index (χ0n) is 9.79. The summed E-state index contributed by atoms with van der Waals surface area (Å²) >= 11 is 1.87. The first-order chi connectivity index (χ1) is 7.29. The van der Waals surface area contributed by atoms with Gasteiger partial charge in [0.1, 0.15) is 0 Å². The van der Waals surface area contributed by atoms with Crippen molar-refractivity contribution in [2.75, 3.05) is 31.1 Å². The van der Waals surface area contributed by atoms with Gasteiger partial charge in [-0.1, -0.05) is 13.8 Å². The average Bonchev–Trinajstić information content (AvgIpc) is 2.29. The van der Waals surface area contributed by atoms with Crippen LogP contribution in [0.4, 0.5) is 0 Å². The first kappa shape index (κ1) is 12.8. The Bertz CT molecular complexity index is 187. The third-order valence-electron chi connectivity index (χ3n) is 2.52. The van der Waals surface area contributed by atoms with Crippen molar-refractivity contribution in [3.8, 4) is 0 Å². The summed E-state index contributed by atoms with van der Waals surface area (Å²) in [5.74, 6) is 2.36. The number of nitrogens with zero attached hydrogens (tertiary/aromatic N) is 1. The molecule has 0 radical (unpaired) electrons. The molecule has 1 N–H and O–H groups in total. The average molecular weight is 230 g/mol. The van der Waals surface area contributed by atoms with Gasteiger partial charge in [-0.15, -0.1) is 0 Å². The third kappa shape index (κ3) is 4.03. The van der Waals surface area contributed by atoms with E-state index in [9.17, 15) is 4.79 Å². The van der Waals surface area contributed by atoms with Crippen molar-refractivity contribution in [2.45, 2.75) is 32.7 Å². The van der Waals surface area contributed by atoms with E-state index < -0.39 is 0 Å². The normalized spacial score (nSPS) is 21.3. The number of hydrogen-bond donors (Lipinski definition) is 1. The number of hydrogen-bond acceptors (Lipinski definition) is 3. The van der Waals surface area contributed by atoms with Gasteiger partial charge in [0.2, 0.25) is 5.91 Å². The SMILES string of the molecule is CCCN(CCC)C(=O)C1CSCCN1. The van der Waals surface area contributed by atoms with Crippen LogP contribution in [0.1, 0.15) is 26.7 Å². The maximum Gasteiger partial charge on any atom is 0.240 e. The predicted molar refractivity (Wildman–Crippen MR) is 66.3 cm³/mol. The van der Waals surface area contributed by atoms with Gasteiger partial charge in [-0.2, -0.15) is 11.8 Å². The number of carbonyl (C=O) groups is 1. The lowest BCUT2D eigenvalue weighted by Crippen LogP contribution is -2.50. The van der Waals surface area contributed by atoms with Gasteiger partial charge in [0.05, 0.1) is 6.04 Å². The molecule has 0 saturated carbocycles. The van der Waals surface area contributed by atoms with Crippen LogP contribution in [-0.2, 0) is 4.79 Å². The number of nitrogens with one attached hydrogen (secondary N) is 1. The van der Waals surface area contributed by atoms with Crippen molar-refractivity contribution in [2.24, 2.45) is 0 Å². The van der Waals surface area contributed by atoms with Crippen LogP contribution in [-0.4, -0.2) is 48.0 Å². The second-order valence-corrected chi connectivity index (χ2v) is 5.06. The fourth-order valence-corrected chi connectivity index (χ4v) is 2.74.